The van der Waals surface area contributed by atoms with E-state index in [1.165, 1.54) is 11.3 Å². The van der Waals surface area contributed by atoms with Gasteiger partial charge < -0.3 is 14.9 Å². The van der Waals surface area contributed by atoms with Crippen LogP contribution in [-0.2, 0) is 0 Å². The minimum Gasteiger partial charge on any atom is -0.390 e. The van der Waals surface area contributed by atoms with E-state index in [0.29, 0.717) is 54.7 Å². The van der Waals surface area contributed by atoms with Crippen molar-refractivity contribution in [2.75, 3.05) is 39.3 Å². The molecule has 3 heterocycles. The monoisotopic (exact) mass is 497 g/mol. The Labute approximate surface area is 186 Å². The molecule has 2 amide bonds. The summed E-state index contributed by atoms with van der Waals surface area (Å²) >= 11 is 10.7. The minimum atomic E-state index is -0.583. The van der Waals surface area contributed by atoms with Gasteiger partial charge in [-0.2, -0.15) is 0 Å². The normalized spacial score (nSPS) is 22.9. The lowest BCUT2D eigenvalue weighted by molar-refractivity contribution is 0.0376. The van der Waals surface area contributed by atoms with Gasteiger partial charge >= 0.3 is 0 Å². The van der Waals surface area contributed by atoms with E-state index < -0.39 is 6.10 Å². The SMILES string of the molecule is O=C(c1ccc(Cl)cc1)N1CCN([C@H]2CN(C(=O)c3ccc(Br)s3)C[C@@H]2O)CC1. The third-order valence-electron chi connectivity index (χ3n) is 5.49. The molecule has 0 unspecified atom stereocenters. The molecule has 0 saturated carbocycles. The van der Waals surface area contributed by atoms with Crippen molar-refractivity contribution >= 4 is 50.7 Å². The zero-order valence-corrected chi connectivity index (χ0v) is 18.8. The number of aliphatic hydroxyl groups is 1. The van der Waals surface area contributed by atoms with Gasteiger partial charge in [0.2, 0.25) is 0 Å². The van der Waals surface area contributed by atoms with E-state index in [1.54, 1.807) is 35.2 Å². The van der Waals surface area contributed by atoms with Crippen molar-refractivity contribution in [3.05, 3.63) is 55.6 Å². The largest absolute Gasteiger partial charge is 0.390 e. The molecule has 2 saturated heterocycles. The summed E-state index contributed by atoms with van der Waals surface area (Å²) in [5, 5.41) is 11.2. The summed E-state index contributed by atoms with van der Waals surface area (Å²) in [6.07, 6.45) is -0.583. The molecule has 2 aliphatic rings. The first-order chi connectivity index (χ1) is 13.9. The summed E-state index contributed by atoms with van der Waals surface area (Å²) in [6, 6.07) is 10.5. The molecule has 2 aliphatic heterocycles. The predicted octanol–water partition coefficient (Wildman–Crippen LogP) is 2.81. The van der Waals surface area contributed by atoms with Crippen molar-refractivity contribution in [3.63, 3.8) is 0 Å². The summed E-state index contributed by atoms with van der Waals surface area (Å²) in [6.45, 7) is 3.37. The first-order valence-electron chi connectivity index (χ1n) is 9.44. The number of thiophene rings is 1. The molecular weight excluding hydrogens is 478 g/mol. The Morgan fingerprint density at radius 2 is 1.66 bits per heavy atom. The van der Waals surface area contributed by atoms with Gasteiger partial charge in [0, 0.05) is 49.9 Å². The molecule has 0 bridgehead atoms. The van der Waals surface area contributed by atoms with Crippen LogP contribution in [0.1, 0.15) is 20.0 Å². The Morgan fingerprint density at radius 3 is 2.28 bits per heavy atom. The van der Waals surface area contributed by atoms with Gasteiger partial charge in [0.1, 0.15) is 0 Å². The highest BCUT2D eigenvalue weighted by atomic mass is 79.9. The summed E-state index contributed by atoms with van der Waals surface area (Å²) in [4.78, 5) is 31.7. The molecule has 1 aromatic heterocycles. The molecule has 2 fully saturated rings. The van der Waals surface area contributed by atoms with Crippen LogP contribution in [0.3, 0.4) is 0 Å². The molecule has 6 nitrogen and oxygen atoms in total. The molecule has 2 aromatic rings. The number of rotatable bonds is 3. The van der Waals surface area contributed by atoms with Crippen molar-refractivity contribution in [2.24, 2.45) is 0 Å². The standard InChI is InChI=1S/C20H21BrClN3O3S/c21-18-6-5-17(29-18)20(28)25-11-15(16(26)12-25)23-7-9-24(10-8-23)19(27)13-1-3-14(22)4-2-13/h1-6,15-16,26H,7-12H2/t15-,16-/m0/s1. The second kappa shape index (κ2) is 8.73. The van der Waals surface area contributed by atoms with E-state index in [2.05, 4.69) is 20.8 Å². The lowest BCUT2D eigenvalue weighted by Crippen LogP contribution is -2.54. The fraction of sp³-hybridized carbons (Fsp3) is 0.400. The summed E-state index contributed by atoms with van der Waals surface area (Å²) < 4.78 is 0.915. The number of likely N-dealkylation sites (tertiary alicyclic amines) is 1. The van der Waals surface area contributed by atoms with Crippen LogP contribution in [0, 0.1) is 0 Å². The number of piperazine rings is 1. The zero-order chi connectivity index (χ0) is 20.5. The molecule has 1 N–H and O–H groups in total. The lowest BCUT2D eigenvalue weighted by Gasteiger charge is -2.38. The third-order valence-corrected chi connectivity index (χ3v) is 7.36. The topological polar surface area (TPSA) is 64.1 Å². The van der Waals surface area contributed by atoms with E-state index >= 15 is 0 Å². The summed E-state index contributed by atoms with van der Waals surface area (Å²) in [5.74, 6) is -0.0489. The predicted molar refractivity (Wildman–Crippen MR) is 117 cm³/mol. The van der Waals surface area contributed by atoms with E-state index in [0.717, 1.165) is 3.79 Å². The highest BCUT2D eigenvalue weighted by Gasteiger charge is 2.39. The van der Waals surface area contributed by atoms with Gasteiger partial charge in [-0.1, -0.05) is 11.6 Å². The van der Waals surface area contributed by atoms with Gasteiger partial charge in [-0.05, 0) is 52.3 Å². The molecule has 4 rings (SSSR count). The van der Waals surface area contributed by atoms with Crippen molar-refractivity contribution in [1.29, 1.82) is 0 Å². The molecular formula is C20H21BrClN3O3S. The third kappa shape index (κ3) is 4.51. The molecule has 9 heteroatoms. The smallest absolute Gasteiger partial charge is 0.264 e. The number of hydrogen-bond acceptors (Lipinski definition) is 5. The van der Waals surface area contributed by atoms with Gasteiger partial charge in [-0.15, -0.1) is 11.3 Å². The Hall–Kier alpha value is -1.45. The van der Waals surface area contributed by atoms with Crippen LogP contribution < -0.4 is 0 Å². The molecule has 0 spiro atoms. The number of aliphatic hydroxyl groups excluding tert-OH is 1. The highest BCUT2D eigenvalue weighted by molar-refractivity contribution is 9.11. The Bertz CT molecular complexity index is 899. The number of nitrogens with zero attached hydrogens (tertiary/aromatic N) is 3. The maximum Gasteiger partial charge on any atom is 0.264 e. The number of β-amino-alcohol motifs (C(OH)–C–C–N with tert-alkyl or cyclic N) is 1. The number of halogens is 2. The van der Waals surface area contributed by atoms with Gasteiger partial charge in [-0.25, -0.2) is 0 Å². The molecule has 0 aliphatic carbocycles. The number of hydrogen-bond donors (Lipinski definition) is 1. The minimum absolute atomic E-state index is 0.00614. The Kier molecular flexibility index (Phi) is 6.27. The van der Waals surface area contributed by atoms with Crippen LogP contribution >= 0.6 is 38.9 Å². The highest BCUT2D eigenvalue weighted by Crippen LogP contribution is 2.26. The second-order valence-electron chi connectivity index (χ2n) is 7.28. The van der Waals surface area contributed by atoms with Crippen molar-refractivity contribution in [3.8, 4) is 0 Å². The number of benzene rings is 1. The van der Waals surface area contributed by atoms with E-state index in [9.17, 15) is 14.7 Å². The summed E-state index contributed by atoms with van der Waals surface area (Å²) in [7, 11) is 0. The molecule has 0 radical (unpaired) electrons. The Balaban J connectivity index is 1.34. The maximum atomic E-state index is 12.7. The maximum absolute atomic E-state index is 12.7. The fourth-order valence-corrected chi connectivity index (χ4v) is 5.39. The van der Waals surface area contributed by atoms with Crippen LogP contribution in [0.15, 0.2) is 40.2 Å². The molecule has 29 heavy (non-hydrogen) atoms. The van der Waals surface area contributed by atoms with E-state index in [1.807, 2.05) is 11.0 Å². The van der Waals surface area contributed by atoms with Gasteiger partial charge in [0.25, 0.3) is 11.8 Å². The van der Waals surface area contributed by atoms with E-state index in [-0.39, 0.29) is 17.9 Å². The lowest BCUT2D eigenvalue weighted by atomic mass is 10.1. The van der Waals surface area contributed by atoms with Gasteiger partial charge in [0.15, 0.2) is 0 Å². The molecule has 2 atom stereocenters. The number of amides is 2. The van der Waals surface area contributed by atoms with Crippen LogP contribution in [-0.4, -0.2) is 83.0 Å². The van der Waals surface area contributed by atoms with E-state index in [4.69, 9.17) is 11.6 Å². The van der Waals surface area contributed by atoms with Crippen LogP contribution in [0.25, 0.3) is 0 Å². The van der Waals surface area contributed by atoms with Crippen molar-refractivity contribution < 1.29 is 14.7 Å². The van der Waals surface area contributed by atoms with Crippen LogP contribution in [0.5, 0.6) is 0 Å². The van der Waals surface area contributed by atoms with Gasteiger partial charge in [-0.3, -0.25) is 14.5 Å². The van der Waals surface area contributed by atoms with Crippen molar-refractivity contribution in [1.82, 2.24) is 14.7 Å². The zero-order valence-electron chi connectivity index (χ0n) is 15.6. The molecule has 1 aromatic carbocycles. The average molecular weight is 499 g/mol. The van der Waals surface area contributed by atoms with Crippen LogP contribution in [0.2, 0.25) is 5.02 Å². The Morgan fingerprint density at radius 1 is 0.966 bits per heavy atom. The fourth-order valence-electron chi connectivity index (χ4n) is 3.91. The average Bonchev–Trinajstić information content (AvgIpc) is 3.33. The quantitative estimate of drug-likeness (QED) is 0.707. The number of carbonyl (C=O) groups is 2. The van der Waals surface area contributed by atoms with Crippen LogP contribution in [0.4, 0.5) is 0 Å². The second-order valence-corrected chi connectivity index (χ2v) is 10.2. The van der Waals surface area contributed by atoms with Crippen molar-refractivity contribution in [2.45, 2.75) is 12.1 Å². The molecule has 154 valence electrons. The first kappa shape index (κ1) is 20.8. The number of carbonyl (C=O) groups excluding carboxylic acids is 2. The van der Waals surface area contributed by atoms with Gasteiger partial charge in [0.05, 0.1) is 20.8 Å². The summed E-state index contributed by atoms with van der Waals surface area (Å²) in [5.41, 5.74) is 0.627. The first-order valence-corrected chi connectivity index (χ1v) is 11.4.